The van der Waals surface area contributed by atoms with Crippen molar-refractivity contribution in [2.75, 3.05) is 26.7 Å². The molecule has 0 aliphatic carbocycles. The number of rotatable bonds is 6. The molecule has 25 heavy (non-hydrogen) atoms. The lowest BCUT2D eigenvalue weighted by Crippen LogP contribution is -2.40. The molecule has 0 saturated carbocycles. The first-order valence-electron chi connectivity index (χ1n) is 8.58. The maximum atomic E-state index is 13.8. The van der Waals surface area contributed by atoms with Crippen LogP contribution in [0.4, 0.5) is 4.39 Å². The van der Waals surface area contributed by atoms with Gasteiger partial charge in [-0.1, -0.05) is 6.42 Å². The zero-order valence-electron chi connectivity index (χ0n) is 14.3. The van der Waals surface area contributed by atoms with Gasteiger partial charge in [0.05, 0.1) is 19.4 Å². The Labute approximate surface area is 146 Å². The van der Waals surface area contributed by atoms with E-state index in [0.717, 1.165) is 31.7 Å². The summed E-state index contributed by atoms with van der Waals surface area (Å²) in [4.78, 5) is 14.7. The molecule has 0 bridgehead atoms. The van der Waals surface area contributed by atoms with E-state index in [0.29, 0.717) is 6.54 Å². The molecule has 1 atom stereocenters. The number of benzene rings is 1. The Bertz CT molecular complexity index is 697. The highest BCUT2D eigenvalue weighted by molar-refractivity contribution is 5.94. The van der Waals surface area contributed by atoms with Crippen LogP contribution >= 0.6 is 0 Å². The van der Waals surface area contributed by atoms with E-state index < -0.39 is 5.82 Å². The summed E-state index contributed by atoms with van der Waals surface area (Å²) in [6.07, 6.45) is 5.18. The zero-order chi connectivity index (χ0) is 17.6. The lowest BCUT2D eigenvalue weighted by atomic mass is 10.1. The van der Waals surface area contributed by atoms with Gasteiger partial charge in [0.15, 0.2) is 11.6 Å². The van der Waals surface area contributed by atoms with Gasteiger partial charge in [0, 0.05) is 12.1 Å². The summed E-state index contributed by atoms with van der Waals surface area (Å²) >= 11 is 0. The highest BCUT2D eigenvalue weighted by atomic mass is 19.1. The summed E-state index contributed by atoms with van der Waals surface area (Å²) in [5, 5.41) is 2.90. The lowest BCUT2D eigenvalue weighted by Gasteiger charge is -2.33. The first-order chi connectivity index (χ1) is 12.2. The van der Waals surface area contributed by atoms with Gasteiger partial charge in [-0.05, 0) is 56.3 Å². The Hall–Kier alpha value is -2.34. The van der Waals surface area contributed by atoms with Gasteiger partial charge in [-0.25, -0.2) is 4.39 Å². The second kappa shape index (κ2) is 8.16. The maximum absolute atomic E-state index is 13.8. The van der Waals surface area contributed by atoms with Gasteiger partial charge in [-0.3, -0.25) is 9.69 Å². The summed E-state index contributed by atoms with van der Waals surface area (Å²) in [6.45, 7) is 2.39. The summed E-state index contributed by atoms with van der Waals surface area (Å²) in [6, 6.07) is 7.98. The molecule has 3 rings (SSSR count). The molecule has 2 aromatic rings. The van der Waals surface area contributed by atoms with E-state index in [2.05, 4.69) is 10.2 Å². The highest BCUT2D eigenvalue weighted by Crippen LogP contribution is 2.25. The average molecular weight is 346 g/mol. The molecule has 1 amide bonds. The van der Waals surface area contributed by atoms with Crippen LogP contribution in [-0.2, 0) is 0 Å². The van der Waals surface area contributed by atoms with Crippen LogP contribution in [0.1, 0.15) is 41.4 Å². The van der Waals surface area contributed by atoms with Gasteiger partial charge in [0.1, 0.15) is 5.76 Å². The Morgan fingerprint density at radius 3 is 2.76 bits per heavy atom. The van der Waals surface area contributed by atoms with E-state index in [9.17, 15) is 9.18 Å². The van der Waals surface area contributed by atoms with Crippen LogP contribution < -0.4 is 10.1 Å². The molecule has 5 nitrogen and oxygen atoms in total. The van der Waals surface area contributed by atoms with Crippen molar-refractivity contribution in [1.82, 2.24) is 10.2 Å². The van der Waals surface area contributed by atoms with Crippen LogP contribution in [-0.4, -0.2) is 37.6 Å². The largest absolute Gasteiger partial charge is 0.494 e. The van der Waals surface area contributed by atoms with Crippen LogP contribution in [0, 0.1) is 5.82 Å². The van der Waals surface area contributed by atoms with Gasteiger partial charge in [0.2, 0.25) is 0 Å². The minimum Gasteiger partial charge on any atom is -0.494 e. The third-order valence-corrected chi connectivity index (χ3v) is 4.57. The predicted octanol–water partition coefficient (Wildman–Crippen LogP) is 3.38. The summed E-state index contributed by atoms with van der Waals surface area (Å²) in [5.41, 5.74) is 0.273. The predicted molar refractivity (Wildman–Crippen MR) is 92.2 cm³/mol. The number of nitrogens with zero attached hydrogens (tertiary/aromatic N) is 1. The zero-order valence-corrected chi connectivity index (χ0v) is 14.3. The summed E-state index contributed by atoms with van der Waals surface area (Å²) < 4.78 is 24.2. The molecule has 1 aromatic carbocycles. The second-order valence-electron chi connectivity index (χ2n) is 6.19. The van der Waals surface area contributed by atoms with Crippen molar-refractivity contribution < 1.29 is 18.3 Å². The number of carbonyl (C=O) groups is 1. The number of nitrogens with one attached hydrogen (secondary N) is 1. The monoisotopic (exact) mass is 346 g/mol. The van der Waals surface area contributed by atoms with Crippen LogP contribution in [0.3, 0.4) is 0 Å². The summed E-state index contributed by atoms with van der Waals surface area (Å²) in [7, 11) is 1.39. The quantitative estimate of drug-likeness (QED) is 0.871. The number of carbonyl (C=O) groups excluding carboxylic acids is 1. The summed E-state index contributed by atoms with van der Waals surface area (Å²) in [5.74, 6) is 0.102. The molecule has 134 valence electrons. The van der Waals surface area contributed by atoms with Gasteiger partial charge in [0.25, 0.3) is 5.91 Å². The molecular weight excluding hydrogens is 323 g/mol. The van der Waals surface area contributed by atoms with Gasteiger partial charge >= 0.3 is 0 Å². The molecule has 0 radical (unpaired) electrons. The lowest BCUT2D eigenvalue weighted by molar-refractivity contribution is 0.0913. The Kier molecular flexibility index (Phi) is 5.71. The molecule has 1 aromatic heterocycles. The number of likely N-dealkylation sites (tertiary alicyclic amines) is 1. The van der Waals surface area contributed by atoms with Crippen molar-refractivity contribution in [3.8, 4) is 5.75 Å². The van der Waals surface area contributed by atoms with Crippen molar-refractivity contribution in [3.05, 3.63) is 53.7 Å². The molecule has 6 heteroatoms. The fourth-order valence-electron chi connectivity index (χ4n) is 3.22. The number of piperidine rings is 1. The van der Waals surface area contributed by atoms with Crippen LogP contribution in [0.15, 0.2) is 41.0 Å². The first kappa shape index (κ1) is 17.5. The SMILES string of the molecule is COc1ccc(C(=O)NCC(c2ccco2)N2CCCCC2)cc1F. The molecular formula is C19H23FN2O3. The number of methoxy groups -OCH3 is 1. The van der Waals surface area contributed by atoms with Crippen molar-refractivity contribution in [1.29, 1.82) is 0 Å². The van der Waals surface area contributed by atoms with Crippen molar-refractivity contribution in [3.63, 3.8) is 0 Å². The Balaban J connectivity index is 1.68. The minimum atomic E-state index is -0.547. The molecule has 1 aliphatic heterocycles. The van der Waals surface area contributed by atoms with Crippen LogP contribution in [0.25, 0.3) is 0 Å². The van der Waals surface area contributed by atoms with Gasteiger partial charge < -0.3 is 14.5 Å². The highest BCUT2D eigenvalue weighted by Gasteiger charge is 2.25. The van der Waals surface area contributed by atoms with Crippen molar-refractivity contribution >= 4 is 5.91 Å². The number of amides is 1. The minimum absolute atomic E-state index is 0.0117. The van der Waals surface area contributed by atoms with E-state index in [1.54, 1.807) is 12.3 Å². The smallest absolute Gasteiger partial charge is 0.251 e. The second-order valence-corrected chi connectivity index (χ2v) is 6.19. The number of furan rings is 1. The van der Waals surface area contributed by atoms with Crippen LogP contribution in [0.5, 0.6) is 5.75 Å². The number of hydrogen-bond acceptors (Lipinski definition) is 4. The third kappa shape index (κ3) is 4.20. The van der Waals surface area contributed by atoms with E-state index in [4.69, 9.17) is 9.15 Å². The third-order valence-electron chi connectivity index (χ3n) is 4.57. The number of ether oxygens (including phenoxy) is 1. The average Bonchev–Trinajstić information content (AvgIpc) is 3.17. The topological polar surface area (TPSA) is 54.7 Å². The molecule has 1 N–H and O–H groups in total. The number of halogens is 1. The normalized spacial score (nSPS) is 16.4. The van der Waals surface area contributed by atoms with Crippen molar-refractivity contribution in [2.45, 2.75) is 25.3 Å². The number of hydrogen-bond donors (Lipinski definition) is 1. The molecule has 1 fully saturated rings. The van der Waals surface area contributed by atoms with Gasteiger partial charge in [-0.2, -0.15) is 0 Å². The van der Waals surface area contributed by atoms with E-state index in [1.165, 1.54) is 25.7 Å². The van der Waals surface area contributed by atoms with E-state index in [-0.39, 0.29) is 23.3 Å². The van der Waals surface area contributed by atoms with Crippen LogP contribution in [0.2, 0.25) is 0 Å². The molecule has 1 aliphatic rings. The van der Waals surface area contributed by atoms with Crippen molar-refractivity contribution in [2.24, 2.45) is 0 Å². The molecule has 0 spiro atoms. The fraction of sp³-hybridized carbons (Fsp3) is 0.421. The maximum Gasteiger partial charge on any atom is 0.251 e. The van der Waals surface area contributed by atoms with Gasteiger partial charge in [-0.15, -0.1) is 0 Å². The Morgan fingerprint density at radius 1 is 1.32 bits per heavy atom. The first-order valence-corrected chi connectivity index (χ1v) is 8.58. The van der Waals surface area contributed by atoms with E-state index in [1.807, 2.05) is 12.1 Å². The Morgan fingerprint density at radius 2 is 2.12 bits per heavy atom. The van der Waals surface area contributed by atoms with E-state index >= 15 is 0 Å². The fourth-order valence-corrected chi connectivity index (χ4v) is 3.22. The molecule has 1 saturated heterocycles. The standard InChI is InChI=1S/C19H23FN2O3/c1-24-17-8-7-14(12-15(17)20)19(23)21-13-16(18-6-5-11-25-18)22-9-3-2-4-10-22/h5-8,11-12,16H,2-4,9-10,13H2,1H3,(H,21,23). The molecule has 2 heterocycles. The molecule has 1 unspecified atom stereocenters.